The number of amides is 1. The van der Waals surface area contributed by atoms with Crippen molar-refractivity contribution in [1.29, 1.82) is 0 Å². The number of thiophene rings is 1. The maximum atomic E-state index is 12.5. The van der Waals surface area contributed by atoms with Gasteiger partial charge in [0.1, 0.15) is 13.2 Å². The van der Waals surface area contributed by atoms with Crippen LogP contribution in [0.1, 0.15) is 16.6 Å². The number of fused-ring (bicyclic) bond motifs is 1. The summed E-state index contributed by atoms with van der Waals surface area (Å²) in [6, 6.07) is 9.36. The van der Waals surface area contributed by atoms with E-state index in [0.29, 0.717) is 23.8 Å². The first-order valence-corrected chi connectivity index (χ1v) is 8.75. The van der Waals surface area contributed by atoms with Crippen LogP contribution in [0.3, 0.4) is 0 Å². The molecule has 6 nitrogen and oxygen atoms in total. The fourth-order valence-electron chi connectivity index (χ4n) is 2.56. The summed E-state index contributed by atoms with van der Waals surface area (Å²) < 4.78 is 11.1. The van der Waals surface area contributed by atoms with E-state index < -0.39 is 11.9 Å². The third-order valence-electron chi connectivity index (χ3n) is 3.96. The molecule has 1 aromatic carbocycles. The number of carbonyl (C=O) groups excluding carboxylic acids is 1. The van der Waals surface area contributed by atoms with E-state index in [1.165, 1.54) is 16.2 Å². The zero-order chi connectivity index (χ0) is 18.0. The Labute approximate surface area is 149 Å². The molecule has 0 saturated heterocycles. The first-order valence-electron chi connectivity index (χ1n) is 7.94. The van der Waals surface area contributed by atoms with E-state index in [-0.39, 0.29) is 12.5 Å². The molecule has 0 saturated carbocycles. The Morgan fingerprint density at radius 1 is 1.20 bits per heavy atom. The van der Waals surface area contributed by atoms with Crippen molar-refractivity contribution in [2.45, 2.75) is 6.92 Å². The van der Waals surface area contributed by atoms with Crippen LogP contribution in [0.4, 0.5) is 0 Å². The summed E-state index contributed by atoms with van der Waals surface area (Å²) in [5.41, 5.74) is 0.954. The monoisotopic (exact) mass is 361 g/mol. The Hall–Kier alpha value is -2.54. The summed E-state index contributed by atoms with van der Waals surface area (Å²) in [6.07, 6.45) is 0. The van der Waals surface area contributed by atoms with Crippen LogP contribution in [0.5, 0.6) is 11.5 Å². The Morgan fingerprint density at radius 2 is 1.92 bits per heavy atom. The van der Waals surface area contributed by atoms with Gasteiger partial charge in [0, 0.05) is 18.5 Å². The average molecular weight is 361 g/mol. The lowest BCUT2D eigenvalue weighted by Gasteiger charge is -2.19. The molecule has 0 fully saturated rings. The number of aliphatic carboxylic acids is 1. The quantitative estimate of drug-likeness (QED) is 0.886. The minimum Gasteiger partial charge on any atom is -0.486 e. The van der Waals surface area contributed by atoms with Crippen LogP contribution in [-0.4, -0.2) is 48.7 Å². The highest BCUT2D eigenvalue weighted by molar-refractivity contribution is 7.17. The van der Waals surface area contributed by atoms with Crippen LogP contribution < -0.4 is 9.47 Å². The largest absolute Gasteiger partial charge is 0.486 e. The summed E-state index contributed by atoms with van der Waals surface area (Å²) in [6.45, 7) is 2.83. The van der Waals surface area contributed by atoms with Crippen molar-refractivity contribution in [2.75, 3.05) is 26.8 Å². The average Bonchev–Trinajstić information content (AvgIpc) is 3.10. The van der Waals surface area contributed by atoms with Gasteiger partial charge in [-0.25, -0.2) is 0 Å². The molecule has 7 heteroatoms. The molecule has 25 heavy (non-hydrogen) atoms. The molecule has 1 amide bonds. The van der Waals surface area contributed by atoms with E-state index in [1.807, 2.05) is 24.3 Å². The maximum Gasteiger partial charge on any atom is 0.308 e. The normalized spacial score (nSPS) is 14.0. The highest BCUT2D eigenvalue weighted by atomic mass is 32.1. The molecule has 0 spiro atoms. The van der Waals surface area contributed by atoms with E-state index in [4.69, 9.17) is 14.6 Å². The van der Waals surface area contributed by atoms with Gasteiger partial charge in [0.05, 0.1) is 10.8 Å². The van der Waals surface area contributed by atoms with E-state index in [0.717, 1.165) is 16.2 Å². The van der Waals surface area contributed by atoms with Crippen LogP contribution in [0.2, 0.25) is 0 Å². The van der Waals surface area contributed by atoms with Crippen LogP contribution >= 0.6 is 11.3 Å². The molecule has 1 aliphatic heterocycles. The summed E-state index contributed by atoms with van der Waals surface area (Å²) in [5.74, 6) is -0.265. The van der Waals surface area contributed by atoms with Gasteiger partial charge in [-0.05, 0) is 35.9 Å². The number of ether oxygens (including phenoxy) is 2. The van der Waals surface area contributed by atoms with E-state index >= 15 is 0 Å². The lowest BCUT2D eigenvalue weighted by Crippen LogP contribution is -2.33. The first kappa shape index (κ1) is 17.3. The Morgan fingerprint density at radius 3 is 2.64 bits per heavy atom. The van der Waals surface area contributed by atoms with Crippen molar-refractivity contribution >= 4 is 23.2 Å². The summed E-state index contributed by atoms with van der Waals surface area (Å²) in [5, 5.41) is 8.98. The molecule has 2 heterocycles. The van der Waals surface area contributed by atoms with Gasteiger partial charge in [0.25, 0.3) is 5.91 Å². The zero-order valence-corrected chi connectivity index (χ0v) is 14.8. The second kappa shape index (κ2) is 7.14. The van der Waals surface area contributed by atoms with Crippen LogP contribution in [0.15, 0.2) is 30.3 Å². The number of carboxylic acids is 1. The Kier molecular flexibility index (Phi) is 4.94. The van der Waals surface area contributed by atoms with Gasteiger partial charge >= 0.3 is 5.97 Å². The van der Waals surface area contributed by atoms with Gasteiger partial charge in [-0.3, -0.25) is 9.59 Å². The number of carbonyl (C=O) groups is 2. The van der Waals surface area contributed by atoms with Gasteiger partial charge in [0.15, 0.2) is 11.5 Å². The zero-order valence-electron chi connectivity index (χ0n) is 14.0. The third-order valence-corrected chi connectivity index (χ3v) is 5.08. The van der Waals surface area contributed by atoms with Gasteiger partial charge < -0.3 is 19.5 Å². The van der Waals surface area contributed by atoms with Gasteiger partial charge in [-0.2, -0.15) is 0 Å². The molecular formula is C18H19NO5S. The van der Waals surface area contributed by atoms with Crippen molar-refractivity contribution in [1.82, 2.24) is 4.90 Å². The fourth-order valence-corrected chi connectivity index (χ4v) is 3.56. The standard InChI is InChI=1S/C18H19NO5S/c1-11(18(21)22)10-19(2)17(20)16-6-5-15(25-16)12-3-4-13-14(9-12)24-8-7-23-13/h3-6,9,11H,7-8,10H2,1-2H3,(H,21,22). The first-order chi connectivity index (χ1) is 12.0. The predicted molar refractivity (Wildman–Crippen MR) is 94.5 cm³/mol. The molecule has 0 aliphatic carbocycles. The number of hydrogen-bond acceptors (Lipinski definition) is 5. The number of carboxylic acid groups (broad SMARTS) is 1. The smallest absolute Gasteiger partial charge is 0.308 e. The molecule has 132 valence electrons. The third kappa shape index (κ3) is 3.76. The Balaban J connectivity index is 1.76. The summed E-state index contributed by atoms with van der Waals surface area (Å²) in [4.78, 5) is 26.4. The molecule has 1 aromatic heterocycles. The second-order valence-electron chi connectivity index (χ2n) is 5.95. The SMILES string of the molecule is CC(CN(C)C(=O)c1ccc(-c2ccc3c(c2)OCCO3)s1)C(=O)O. The second-order valence-corrected chi connectivity index (χ2v) is 7.03. The highest BCUT2D eigenvalue weighted by Crippen LogP contribution is 2.37. The molecule has 2 aromatic rings. The van der Waals surface area contributed by atoms with Gasteiger partial charge in [-0.1, -0.05) is 6.92 Å². The highest BCUT2D eigenvalue weighted by Gasteiger charge is 2.20. The minimum absolute atomic E-state index is 0.172. The molecular weight excluding hydrogens is 342 g/mol. The predicted octanol–water partition coefficient (Wildman–Crippen LogP) is 2.98. The van der Waals surface area contributed by atoms with Crippen molar-refractivity contribution in [3.8, 4) is 21.9 Å². The minimum atomic E-state index is -0.914. The number of rotatable bonds is 5. The molecule has 1 N–H and O–H groups in total. The summed E-state index contributed by atoms with van der Waals surface area (Å²) in [7, 11) is 1.62. The van der Waals surface area contributed by atoms with E-state index in [1.54, 1.807) is 20.0 Å². The number of nitrogens with zero attached hydrogens (tertiary/aromatic N) is 1. The van der Waals surface area contributed by atoms with Crippen molar-refractivity contribution in [3.63, 3.8) is 0 Å². The van der Waals surface area contributed by atoms with Crippen LogP contribution in [0, 0.1) is 5.92 Å². The van der Waals surface area contributed by atoms with Crippen LogP contribution in [-0.2, 0) is 4.79 Å². The molecule has 1 unspecified atom stereocenters. The fraction of sp³-hybridized carbons (Fsp3) is 0.333. The van der Waals surface area contributed by atoms with E-state index in [2.05, 4.69) is 0 Å². The lowest BCUT2D eigenvalue weighted by molar-refractivity contribution is -0.141. The molecule has 0 radical (unpaired) electrons. The van der Waals surface area contributed by atoms with Crippen LogP contribution in [0.25, 0.3) is 10.4 Å². The van der Waals surface area contributed by atoms with E-state index in [9.17, 15) is 9.59 Å². The topological polar surface area (TPSA) is 76.1 Å². The lowest BCUT2D eigenvalue weighted by atomic mass is 10.1. The molecule has 3 rings (SSSR count). The van der Waals surface area contributed by atoms with Gasteiger partial charge in [0.2, 0.25) is 0 Å². The molecule has 1 aliphatic rings. The van der Waals surface area contributed by atoms with Crippen molar-refractivity contribution in [2.24, 2.45) is 5.92 Å². The van der Waals surface area contributed by atoms with Crippen molar-refractivity contribution < 1.29 is 24.2 Å². The molecule has 1 atom stereocenters. The maximum absolute atomic E-state index is 12.5. The number of benzene rings is 1. The van der Waals surface area contributed by atoms with Crippen molar-refractivity contribution in [3.05, 3.63) is 35.2 Å². The number of hydrogen-bond donors (Lipinski definition) is 1. The van der Waals surface area contributed by atoms with Gasteiger partial charge in [-0.15, -0.1) is 11.3 Å². The summed E-state index contributed by atoms with van der Waals surface area (Å²) >= 11 is 1.37. The Bertz CT molecular complexity index is 801. The molecule has 0 bridgehead atoms.